The highest BCUT2D eigenvalue weighted by Gasteiger charge is 2.78. The van der Waals surface area contributed by atoms with Gasteiger partial charge in [-0.15, -0.1) is 13.2 Å². The Labute approximate surface area is 298 Å². The first-order valence-electron chi connectivity index (χ1n) is 17.8. The molecule has 4 fully saturated rings. The number of alkyl halides is 1. The molecule has 1 saturated carbocycles. The van der Waals surface area contributed by atoms with Crippen LogP contribution in [0.2, 0.25) is 0 Å². The number of likely N-dealkylation sites (tertiary alicyclic amines) is 1. The predicted molar refractivity (Wildman–Crippen MR) is 189 cm³/mol. The van der Waals surface area contributed by atoms with Crippen LogP contribution >= 0.6 is 15.9 Å². The van der Waals surface area contributed by atoms with Gasteiger partial charge in [-0.05, 0) is 44.1 Å². The first-order chi connectivity index (χ1) is 23.5. The molecule has 10 nitrogen and oxygen atoms in total. The quantitative estimate of drug-likeness (QED) is 0.150. The molecule has 3 amide bonds. The summed E-state index contributed by atoms with van der Waals surface area (Å²) < 4.78 is 13.1. The topological polar surface area (TPSA) is 125 Å². The van der Waals surface area contributed by atoms with Gasteiger partial charge in [0.1, 0.15) is 17.7 Å². The van der Waals surface area contributed by atoms with Crippen molar-refractivity contribution in [3.05, 3.63) is 61.2 Å². The molecule has 49 heavy (non-hydrogen) atoms. The lowest BCUT2D eigenvalue weighted by molar-refractivity contribution is -0.163. The molecule has 9 atom stereocenters. The number of carbonyl (C=O) groups is 4. The summed E-state index contributed by atoms with van der Waals surface area (Å²) in [5.74, 6) is -3.57. The van der Waals surface area contributed by atoms with E-state index in [1.807, 2.05) is 49.1 Å². The Morgan fingerprint density at radius 1 is 1.14 bits per heavy atom. The lowest BCUT2D eigenvalue weighted by Gasteiger charge is -2.43. The predicted octanol–water partition coefficient (Wildman–Crippen LogP) is 4.85. The zero-order valence-corrected chi connectivity index (χ0v) is 30.6. The van der Waals surface area contributed by atoms with Crippen molar-refractivity contribution in [1.29, 1.82) is 0 Å². The number of carbonyl (C=O) groups excluding carboxylic acids is 4. The monoisotopic (exact) mass is 741 g/mol. The Hall–Kier alpha value is -3.02. The average molecular weight is 743 g/mol. The lowest BCUT2D eigenvalue weighted by atomic mass is 9.70. The Morgan fingerprint density at radius 3 is 2.45 bits per heavy atom. The highest BCUT2D eigenvalue weighted by molar-refractivity contribution is 9.09. The molecule has 5 rings (SSSR count). The van der Waals surface area contributed by atoms with Crippen molar-refractivity contribution < 1.29 is 33.8 Å². The van der Waals surface area contributed by atoms with Crippen molar-refractivity contribution in [2.45, 2.75) is 119 Å². The largest absolute Gasteiger partial charge is 0.455 e. The van der Waals surface area contributed by atoms with E-state index in [1.165, 1.54) is 4.90 Å². The summed E-state index contributed by atoms with van der Waals surface area (Å²) in [6, 6.07) is 6.95. The second-order valence-electron chi connectivity index (χ2n) is 14.4. The van der Waals surface area contributed by atoms with E-state index in [0.29, 0.717) is 24.9 Å². The number of aliphatic hydroxyl groups excluding tert-OH is 1. The van der Waals surface area contributed by atoms with Crippen molar-refractivity contribution in [3.63, 3.8) is 0 Å². The zero-order chi connectivity index (χ0) is 35.5. The van der Waals surface area contributed by atoms with Crippen LogP contribution in [0.3, 0.4) is 0 Å². The highest BCUT2D eigenvalue weighted by Crippen LogP contribution is 2.61. The van der Waals surface area contributed by atoms with Gasteiger partial charge < -0.3 is 29.7 Å². The maximum Gasteiger partial charge on any atom is 0.313 e. The summed E-state index contributed by atoms with van der Waals surface area (Å²) in [6.45, 7) is 13.2. The zero-order valence-electron chi connectivity index (χ0n) is 29.0. The van der Waals surface area contributed by atoms with Gasteiger partial charge >= 0.3 is 5.97 Å². The molecule has 268 valence electrons. The summed E-state index contributed by atoms with van der Waals surface area (Å²) in [4.78, 5) is 59.9. The normalized spacial score (nSPS) is 29.6. The van der Waals surface area contributed by atoms with Gasteiger partial charge in [-0.3, -0.25) is 19.2 Å². The Bertz CT molecular complexity index is 1380. The third-order valence-corrected chi connectivity index (χ3v) is 11.8. The molecule has 3 saturated heterocycles. The Kier molecular flexibility index (Phi) is 12.1. The summed E-state index contributed by atoms with van der Waals surface area (Å²) in [5, 5.41) is 13.6. The highest BCUT2D eigenvalue weighted by atomic mass is 79.9. The fourth-order valence-corrected chi connectivity index (χ4v) is 9.58. The third kappa shape index (κ3) is 7.13. The molecule has 3 aliphatic heterocycles. The summed E-state index contributed by atoms with van der Waals surface area (Å²) >= 11 is 3.76. The van der Waals surface area contributed by atoms with Crippen LogP contribution in [-0.4, -0.2) is 92.4 Å². The van der Waals surface area contributed by atoms with Crippen LogP contribution in [-0.2, 0) is 28.7 Å². The van der Waals surface area contributed by atoms with Gasteiger partial charge in [0.2, 0.25) is 17.7 Å². The van der Waals surface area contributed by atoms with Gasteiger partial charge in [0, 0.05) is 23.8 Å². The molecular formula is C38H52BrN3O7. The number of hydrogen-bond donors (Lipinski definition) is 2. The SMILES string of the molecule is C=CCCC(=O)N[C@H](C)[C@@H](OC(=O)[C@H]1[C@@H]2O[C@@]3(CC2Br)[C@@H]1C(=O)N([C@@H](CO)C(C)C)[C@@H]3C(=O)N(CC=C)C1CCCCC1)c1ccccc1. The van der Waals surface area contributed by atoms with Crippen LogP contribution in [0.1, 0.15) is 83.8 Å². The van der Waals surface area contributed by atoms with Gasteiger partial charge in [0.15, 0.2) is 0 Å². The first kappa shape index (κ1) is 37.2. The summed E-state index contributed by atoms with van der Waals surface area (Å²) in [6.07, 6.45) is 7.85. The number of halogens is 1. The van der Waals surface area contributed by atoms with Crippen molar-refractivity contribution in [3.8, 4) is 0 Å². The number of esters is 1. The molecule has 2 bridgehead atoms. The van der Waals surface area contributed by atoms with Crippen LogP contribution in [0.15, 0.2) is 55.6 Å². The number of allylic oxidation sites excluding steroid dienone is 1. The van der Waals surface area contributed by atoms with Crippen LogP contribution < -0.4 is 5.32 Å². The van der Waals surface area contributed by atoms with E-state index in [2.05, 4.69) is 34.4 Å². The molecule has 11 heteroatoms. The number of aliphatic hydroxyl groups is 1. The van der Waals surface area contributed by atoms with Crippen molar-refractivity contribution in [2.75, 3.05) is 13.2 Å². The summed E-state index contributed by atoms with van der Waals surface area (Å²) in [5.41, 5.74) is -0.596. The minimum atomic E-state index is -1.29. The van der Waals surface area contributed by atoms with E-state index in [0.717, 1.165) is 32.1 Å². The van der Waals surface area contributed by atoms with Crippen LogP contribution in [0.5, 0.6) is 0 Å². The molecular weight excluding hydrogens is 690 g/mol. The Morgan fingerprint density at radius 2 is 1.84 bits per heavy atom. The van der Waals surface area contributed by atoms with Crippen LogP contribution in [0.4, 0.5) is 0 Å². The van der Waals surface area contributed by atoms with E-state index in [-0.39, 0.29) is 47.5 Å². The van der Waals surface area contributed by atoms with Crippen molar-refractivity contribution in [2.24, 2.45) is 17.8 Å². The summed E-state index contributed by atoms with van der Waals surface area (Å²) in [7, 11) is 0. The molecule has 1 aliphatic carbocycles. The Balaban J connectivity index is 1.51. The van der Waals surface area contributed by atoms with Gasteiger partial charge in [-0.1, -0.05) is 91.5 Å². The smallest absolute Gasteiger partial charge is 0.313 e. The number of amides is 3. The molecule has 4 aliphatic rings. The number of hydrogen-bond acceptors (Lipinski definition) is 7. The number of nitrogens with zero attached hydrogens (tertiary/aromatic N) is 2. The van der Waals surface area contributed by atoms with E-state index < -0.39 is 53.7 Å². The van der Waals surface area contributed by atoms with Gasteiger partial charge in [0.05, 0.1) is 36.6 Å². The lowest BCUT2D eigenvalue weighted by Crippen LogP contribution is -2.61. The van der Waals surface area contributed by atoms with E-state index >= 15 is 0 Å². The molecule has 1 aromatic rings. The van der Waals surface area contributed by atoms with Gasteiger partial charge in [-0.25, -0.2) is 0 Å². The third-order valence-electron chi connectivity index (χ3n) is 11.0. The second kappa shape index (κ2) is 15.9. The number of benzene rings is 1. The van der Waals surface area contributed by atoms with E-state index in [1.54, 1.807) is 19.1 Å². The van der Waals surface area contributed by atoms with E-state index in [4.69, 9.17) is 9.47 Å². The van der Waals surface area contributed by atoms with Gasteiger partial charge in [0.25, 0.3) is 0 Å². The minimum absolute atomic E-state index is 0.00668. The van der Waals surface area contributed by atoms with Crippen LogP contribution in [0.25, 0.3) is 0 Å². The molecule has 0 aromatic heterocycles. The minimum Gasteiger partial charge on any atom is -0.455 e. The second-order valence-corrected chi connectivity index (χ2v) is 15.6. The van der Waals surface area contributed by atoms with E-state index in [9.17, 15) is 24.3 Å². The molecule has 0 radical (unpaired) electrons. The molecule has 1 aromatic carbocycles. The van der Waals surface area contributed by atoms with Crippen molar-refractivity contribution >= 4 is 39.6 Å². The first-order valence-corrected chi connectivity index (χ1v) is 18.7. The average Bonchev–Trinajstić information content (AvgIpc) is 3.69. The molecule has 1 spiro atoms. The molecule has 1 unspecified atom stereocenters. The van der Waals surface area contributed by atoms with Crippen LogP contribution in [0, 0.1) is 17.8 Å². The number of nitrogens with one attached hydrogen (secondary N) is 1. The molecule has 2 N–H and O–H groups in total. The van der Waals surface area contributed by atoms with Crippen molar-refractivity contribution in [1.82, 2.24) is 15.1 Å². The number of fused-ring (bicyclic) bond motifs is 1. The number of rotatable bonds is 15. The molecule has 3 heterocycles. The fraction of sp³-hybridized carbons (Fsp3) is 0.632. The van der Waals surface area contributed by atoms with Gasteiger partial charge in [-0.2, -0.15) is 0 Å². The number of ether oxygens (including phenoxy) is 2. The maximum absolute atomic E-state index is 14.9. The standard InChI is InChI=1S/C38H52BrN3O7/c1-6-8-19-29(44)40-24(5)32(25-15-11-9-12-16-25)48-37(47)30-31-35(45)42(28(22-43)23(3)4)34(38(31)21-27(39)33(30)49-38)36(46)41(20-7-2)26-17-13-10-14-18-26/h6-7,9,11-12,15-16,23-24,26-28,30-34,43H,1-2,8,10,13-14,17-22H2,3-5H3,(H,40,44)/t24-,27?,28+,30-,31+,32-,33-,34-,38+/m1/s1. The fourth-order valence-electron chi connectivity index (χ4n) is 8.64. The maximum atomic E-state index is 14.9.